The van der Waals surface area contributed by atoms with Crippen LogP contribution in [-0.2, 0) is 14.8 Å². The van der Waals surface area contributed by atoms with Gasteiger partial charge < -0.3 is 5.32 Å². The van der Waals surface area contributed by atoms with Crippen molar-refractivity contribution in [2.45, 2.75) is 44.6 Å². The first-order valence-electron chi connectivity index (χ1n) is 7.99. The fourth-order valence-electron chi connectivity index (χ4n) is 2.90. The molecule has 1 aliphatic rings. The Morgan fingerprint density at radius 2 is 1.96 bits per heavy atom. The highest BCUT2D eigenvalue weighted by atomic mass is 35.5. The smallest absolute Gasteiger partial charge is 0.232 e. The molecule has 0 spiro atoms. The number of halogens is 2. The third kappa shape index (κ3) is 5.53. The molecule has 0 radical (unpaired) electrons. The van der Waals surface area contributed by atoms with Gasteiger partial charge >= 0.3 is 0 Å². The Hall–Kier alpha value is -0.980. The second-order valence-electron chi connectivity index (χ2n) is 6.08. The molecule has 1 aromatic rings. The summed E-state index contributed by atoms with van der Waals surface area (Å²) >= 11 is 12.1. The van der Waals surface area contributed by atoms with Gasteiger partial charge in [-0.2, -0.15) is 0 Å². The number of rotatable bonds is 7. The van der Waals surface area contributed by atoms with Crippen LogP contribution in [0.4, 0.5) is 5.69 Å². The van der Waals surface area contributed by atoms with Crippen molar-refractivity contribution in [1.29, 1.82) is 0 Å². The summed E-state index contributed by atoms with van der Waals surface area (Å²) < 4.78 is 25.3. The van der Waals surface area contributed by atoms with Crippen molar-refractivity contribution < 1.29 is 13.2 Å². The van der Waals surface area contributed by atoms with Crippen molar-refractivity contribution in [2.24, 2.45) is 0 Å². The van der Waals surface area contributed by atoms with Crippen molar-refractivity contribution in [3.05, 3.63) is 28.2 Å². The second kappa shape index (κ2) is 8.41. The van der Waals surface area contributed by atoms with Crippen molar-refractivity contribution in [3.63, 3.8) is 0 Å². The predicted octanol–water partition coefficient (Wildman–Crippen LogP) is 3.60. The van der Waals surface area contributed by atoms with Crippen LogP contribution < -0.4 is 9.62 Å². The Bertz CT molecular complexity index is 689. The minimum absolute atomic E-state index is 0.0347. The zero-order chi connectivity index (χ0) is 17.7. The number of amides is 1. The van der Waals surface area contributed by atoms with Crippen LogP contribution in [-0.4, -0.2) is 33.2 Å². The lowest BCUT2D eigenvalue weighted by Gasteiger charge is -2.23. The highest BCUT2D eigenvalue weighted by Crippen LogP contribution is 2.30. The lowest BCUT2D eigenvalue weighted by Crippen LogP contribution is -2.34. The monoisotopic (exact) mass is 392 g/mol. The quantitative estimate of drug-likeness (QED) is 0.770. The molecular formula is C16H22Cl2N2O3S. The lowest BCUT2D eigenvalue weighted by molar-refractivity contribution is -0.121. The first-order valence-corrected chi connectivity index (χ1v) is 10.6. The normalized spacial score (nSPS) is 15.5. The second-order valence-corrected chi connectivity index (χ2v) is 8.83. The molecule has 0 unspecified atom stereocenters. The molecule has 0 bridgehead atoms. The highest BCUT2D eigenvalue weighted by Gasteiger charge is 2.21. The minimum Gasteiger partial charge on any atom is -0.353 e. The van der Waals surface area contributed by atoms with Crippen molar-refractivity contribution in [2.75, 3.05) is 17.1 Å². The molecule has 2 rings (SSSR count). The molecule has 134 valence electrons. The van der Waals surface area contributed by atoms with Crippen LogP contribution in [0.3, 0.4) is 0 Å². The molecule has 5 nitrogen and oxygen atoms in total. The topological polar surface area (TPSA) is 66.5 Å². The summed E-state index contributed by atoms with van der Waals surface area (Å²) in [5.74, 6) is -0.0347. The Labute approximate surface area is 153 Å². The molecule has 0 heterocycles. The fraction of sp³-hybridized carbons (Fsp3) is 0.562. The summed E-state index contributed by atoms with van der Waals surface area (Å²) in [7, 11) is -3.52. The first kappa shape index (κ1) is 19.3. The number of carbonyl (C=O) groups is 1. The maximum absolute atomic E-state index is 12.1. The van der Waals surface area contributed by atoms with Gasteiger partial charge in [-0.25, -0.2) is 8.42 Å². The summed E-state index contributed by atoms with van der Waals surface area (Å²) in [6.07, 6.45) is 6.16. The van der Waals surface area contributed by atoms with Crippen LogP contribution in [0.5, 0.6) is 0 Å². The summed E-state index contributed by atoms with van der Waals surface area (Å²) in [4.78, 5) is 12.0. The van der Waals surface area contributed by atoms with Gasteiger partial charge in [-0.15, -0.1) is 0 Å². The van der Waals surface area contributed by atoms with Crippen molar-refractivity contribution >= 4 is 44.8 Å². The average molecular weight is 393 g/mol. The van der Waals surface area contributed by atoms with E-state index in [1.54, 1.807) is 12.1 Å². The van der Waals surface area contributed by atoms with Crippen LogP contribution in [0.15, 0.2) is 18.2 Å². The summed E-state index contributed by atoms with van der Waals surface area (Å²) in [5, 5.41) is 3.71. The summed E-state index contributed by atoms with van der Waals surface area (Å²) in [6, 6.07) is 4.95. The van der Waals surface area contributed by atoms with E-state index in [9.17, 15) is 13.2 Å². The van der Waals surface area contributed by atoms with E-state index in [1.165, 1.54) is 10.4 Å². The van der Waals surface area contributed by atoms with Gasteiger partial charge in [0.2, 0.25) is 15.9 Å². The van der Waals surface area contributed by atoms with E-state index in [2.05, 4.69) is 5.32 Å². The molecule has 1 amide bonds. The molecule has 1 N–H and O–H groups in total. The van der Waals surface area contributed by atoms with Crippen molar-refractivity contribution in [3.8, 4) is 0 Å². The predicted molar refractivity (Wildman–Crippen MR) is 98.3 cm³/mol. The van der Waals surface area contributed by atoms with E-state index in [1.807, 2.05) is 0 Å². The number of benzene rings is 1. The van der Waals surface area contributed by atoms with E-state index in [0.717, 1.165) is 31.9 Å². The average Bonchev–Trinajstić information content (AvgIpc) is 2.98. The number of carbonyl (C=O) groups excluding carboxylic acids is 1. The van der Waals surface area contributed by atoms with E-state index in [-0.39, 0.29) is 24.9 Å². The third-order valence-corrected chi connectivity index (χ3v) is 5.80. The van der Waals surface area contributed by atoms with Crippen molar-refractivity contribution in [1.82, 2.24) is 5.32 Å². The molecule has 0 aliphatic heterocycles. The zero-order valence-electron chi connectivity index (χ0n) is 13.6. The molecule has 1 aromatic carbocycles. The van der Waals surface area contributed by atoms with Gasteiger partial charge in [-0.1, -0.05) is 36.0 Å². The number of hydrogen-bond donors (Lipinski definition) is 1. The molecule has 1 saturated carbocycles. The first-order chi connectivity index (χ1) is 11.3. The molecule has 0 atom stereocenters. The molecule has 0 saturated heterocycles. The van der Waals surface area contributed by atoms with Gasteiger partial charge in [-0.3, -0.25) is 9.10 Å². The summed E-state index contributed by atoms with van der Waals surface area (Å²) in [5.41, 5.74) is 0.336. The van der Waals surface area contributed by atoms with Crippen LogP contribution >= 0.6 is 23.2 Å². The highest BCUT2D eigenvalue weighted by molar-refractivity contribution is 7.92. The van der Waals surface area contributed by atoms with Crippen LogP contribution in [0.25, 0.3) is 0 Å². The minimum atomic E-state index is -3.52. The molecule has 1 fully saturated rings. The van der Waals surface area contributed by atoms with Gasteiger partial charge in [0.15, 0.2) is 0 Å². The Kier molecular flexibility index (Phi) is 6.78. The number of nitrogens with zero attached hydrogens (tertiary/aromatic N) is 1. The molecule has 0 aromatic heterocycles. The van der Waals surface area contributed by atoms with E-state index in [4.69, 9.17) is 23.2 Å². The van der Waals surface area contributed by atoms with Gasteiger partial charge in [0.25, 0.3) is 0 Å². The van der Waals surface area contributed by atoms with Gasteiger partial charge in [0.05, 0.1) is 17.0 Å². The number of anilines is 1. The number of sulfonamides is 1. The standard InChI is InChI=1S/C16H22Cl2N2O3S/c1-24(22,23)20(15-11-12(17)8-9-14(15)18)10-4-7-16(21)19-13-5-2-3-6-13/h8-9,11,13H,2-7,10H2,1H3,(H,19,21). The van der Waals surface area contributed by atoms with Gasteiger partial charge in [-0.05, 0) is 37.5 Å². The Balaban J connectivity index is 1.97. The maximum atomic E-state index is 12.1. The number of hydrogen-bond acceptors (Lipinski definition) is 3. The largest absolute Gasteiger partial charge is 0.353 e. The van der Waals surface area contributed by atoms with E-state index < -0.39 is 10.0 Å². The molecule has 1 aliphatic carbocycles. The maximum Gasteiger partial charge on any atom is 0.232 e. The van der Waals surface area contributed by atoms with Gasteiger partial charge in [0, 0.05) is 24.0 Å². The molecule has 24 heavy (non-hydrogen) atoms. The Morgan fingerprint density at radius 3 is 2.58 bits per heavy atom. The van der Waals surface area contributed by atoms with Crippen LogP contribution in [0, 0.1) is 0 Å². The molecule has 8 heteroatoms. The van der Waals surface area contributed by atoms with Crippen LogP contribution in [0.2, 0.25) is 10.0 Å². The van der Waals surface area contributed by atoms with Gasteiger partial charge in [0.1, 0.15) is 0 Å². The fourth-order valence-corrected chi connectivity index (χ4v) is 4.30. The molecular weight excluding hydrogens is 371 g/mol. The van der Waals surface area contributed by atoms with E-state index in [0.29, 0.717) is 22.2 Å². The third-order valence-electron chi connectivity index (χ3n) is 4.06. The summed E-state index contributed by atoms with van der Waals surface area (Å²) in [6.45, 7) is 0.178. The van der Waals surface area contributed by atoms with E-state index >= 15 is 0 Å². The van der Waals surface area contributed by atoms with Crippen LogP contribution in [0.1, 0.15) is 38.5 Å². The lowest BCUT2D eigenvalue weighted by atomic mass is 10.2. The Morgan fingerprint density at radius 1 is 1.29 bits per heavy atom. The number of nitrogens with one attached hydrogen (secondary N) is 1. The SMILES string of the molecule is CS(=O)(=O)N(CCCC(=O)NC1CCCC1)c1cc(Cl)ccc1Cl. The zero-order valence-corrected chi connectivity index (χ0v) is 15.9.